The highest BCUT2D eigenvalue weighted by molar-refractivity contribution is 6.34. The van der Waals surface area contributed by atoms with Crippen LogP contribution in [0.2, 0.25) is 5.02 Å². The minimum absolute atomic E-state index is 0.135. The molecular weight excluding hydrogens is 372 g/mol. The van der Waals surface area contributed by atoms with Gasteiger partial charge in [0.05, 0.1) is 5.69 Å². The van der Waals surface area contributed by atoms with Gasteiger partial charge in [0.25, 0.3) is 5.91 Å². The van der Waals surface area contributed by atoms with Gasteiger partial charge in [0, 0.05) is 10.6 Å². The molecule has 138 valence electrons. The van der Waals surface area contributed by atoms with Crippen LogP contribution in [-0.2, 0) is 4.79 Å². The highest BCUT2D eigenvalue weighted by atomic mass is 35.5. The van der Waals surface area contributed by atoms with Crippen molar-refractivity contribution in [3.8, 4) is 5.75 Å². The molecular formula is C23H17ClN2O2. The van der Waals surface area contributed by atoms with Crippen molar-refractivity contribution < 1.29 is 9.90 Å². The molecule has 0 saturated carbocycles. The van der Waals surface area contributed by atoms with Crippen LogP contribution in [0.5, 0.6) is 5.75 Å². The number of aryl methyl sites for hydroxylation is 1. The van der Waals surface area contributed by atoms with Gasteiger partial charge >= 0.3 is 0 Å². The first kappa shape index (κ1) is 18.0. The van der Waals surface area contributed by atoms with Gasteiger partial charge in [-0.3, -0.25) is 9.69 Å². The van der Waals surface area contributed by atoms with Crippen molar-refractivity contribution >= 4 is 35.1 Å². The van der Waals surface area contributed by atoms with Crippen LogP contribution in [-0.4, -0.2) is 16.8 Å². The van der Waals surface area contributed by atoms with Crippen LogP contribution in [0.4, 0.5) is 5.69 Å². The van der Waals surface area contributed by atoms with Gasteiger partial charge in [-0.05, 0) is 67.1 Å². The minimum Gasteiger partial charge on any atom is -0.508 e. The van der Waals surface area contributed by atoms with E-state index in [1.54, 1.807) is 47.4 Å². The summed E-state index contributed by atoms with van der Waals surface area (Å²) in [6, 6.07) is 21.6. The molecule has 0 unspecified atom stereocenters. The van der Waals surface area contributed by atoms with Crippen LogP contribution in [0, 0.1) is 6.92 Å². The summed E-state index contributed by atoms with van der Waals surface area (Å²) < 4.78 is 0. The Balaban J connectivity index is 1.81. The van der Waals surface area contributed by atoms with E-state index < -0.39 is 0 Å². The third-order valence-corrected chi connectivity index (χ3v) is 4.70. The number of rotatable bonds is 3. The molecule has 5 heteroatoms. The number of aliphatic imine (C=N–C) groups is 1. The van der Waals surface area contributed by atoms with Crippen LogP contribution in [0.3, 0.4) is 0 Å². The number of benzene rings is 3. The number of halogens is 1. The van der Waals surface area contributed by atoms with Gasteiger partial charge in [-0.25, -0.2) is 4.99 Å². The Morgan fingerprint density at radius 1 is 0.929 bits per heavy atom. The van der Waals surface area contributed by atoms with Crippen molar-refractivity contribution in [2.75, 3.05) is 4.90 Å². The fourth-order valence-corrected chi connectivity index (χ4v) is 3.10. The van der Waals surface area contributed by atoms with Crippen molar-refractivity contribution in [2.45, 2.75) is 6.92 Å². The monoisotopic (exact) mass is 388 g/mol. The number of hydrogen-bond donors (Lipinski definition) is 1. The number of phenols is 1. The summed E-state index contributed by atoms with van der Waals surface area (Å²) in [5.74, 6) is 0.428. The predicted molar refractivity (Wildman–Crippen MR) is 113 cm³/mol. The number of anilines is 1. The first-order valence-corrected chi connectivity index (χ1v) is 9.15. The molecule has 0 aromatic heterocycles. The van der Waals surface area contributed by atoms with E-state index in [-0.39, 0.29) is 11.7 Å². The highest BCUT2D eigenvalue weighted by Gasteiger charge is 2.32. The number of amides is 1. The quantitative estimate of drug-likeness (QED) is 0.628. The number of carbonyl (C=O) groups excluding carboxylic acids is 1. The Morgan fingerprint density at radius 2 is 1.57 bits per heavy atom. The van der Waals surface area contributed by atoms with Crippen LogP contribution in [0.15, 0.2) is 83.5 Å². The molecule has 0 radical (unpaired) electrons. The number of hydrogen-bond acceptors (Lipinski definition) is 3. The van der Waals surface area contributed by atoms with Crippen LogP contribution in [0.25, 0.3) is 6.08 Å². The third-order valence-electron chi connectivity index (χ3n) is 4.45. The minimum atomic E-state index is -0.226. The molecule has 0 saturated heterocycles. The predicted octanol–water partition coefficient (Wildman–Crippen LogP) is 5.19. The van der Waals surface area contributed by atoms with Crippen molar-refractivity contribution in [1.82, 2.24) is 0 Å². The standard InChI is InChI=1S/C23H17ClN2O2/c1-15-2-4-16(5-3-15)14-21-23(28)26(19-10-12-20(27)13-11-19)22(25-21)17-6-8-18(24)9-7-17/h2-14,27H,1H3/b21-14+. The van der Waals surface area contributed by atoms with E-state index in [1.807, 2.05) is 43.3 Å². The summed E-state index contributed by atoms with van der Waals surface area (Å²) in [5.41, 5.74) is 3.81. The molecule has 4 rings (SSSR count). The van der Waals surface area contributed by atoms with Gasteiger partial charge in [0.1, 0.15) is 17.3 Å². The summed E-state index contributed by atoms with van der Waals surface area (Å²) in [4.78, 5) is 19.3. The lowest BCUT2D eigenvalue weighted by molar-refractivity contribution is -0.113. The third kappa shape index (κ3) is 3.55. The van der Waals surface area contributed by atoms with Gasteiger partial charge in [-0.15, -0.1) is 0 Å². The van der Waals surface area contributed by atoms with E-state index in [9.17, 15) is 9.90 Å². The first-order valence-electron chi connectivity index (χ1n) is 8.78. The smallest absolute Gasteiger partial charge is 0.282 e. The van der Waals surface area contributed by atoms with E-state index in [0.29, 0.717) is 22.2 Å². The SMILES string of the molecule is Cc1ccc(/C=C2/N=C(c3ccc(Cl)cc3)N(c3ccc(O)cc3)C2=O)cc1. The Bertz CT molecular complexity index is 1080. The van der Waals surface area contributed by atoms with Crippen LogP contribution >= 0.6 is 11.6 Å². The highest BCUT2D eigenvalue weighted by Crippen LogP contribution is 2.29. The second kappa shape index (κ2) is 7.33. The van der Waals surface area contributed by atoms with Crippen LogP contribution in [0.1, 0.15) is 16.7 Å². The van der Waals surface area contributed by atoms with Crippen LogP contribution < -0.4 is 4.90 Å². The summed E-state index contributed by atoms with van der Waals surface area (Å²) in [6.45, 7) is 2.01. The molecule has 1 aliphatic rings. The second-order valence-corrected chi connectivity index (χ2v) is 6.98. The number of phenolic OH excluding ortho intramolecular Hbond substituents is 1. The summed E-state index contributed by atoms with van der Waals surface area (Å²) in [6.07, 6.45) is 1.78. The molecule has 1 heterocycles. The van der Waals surface area contributed by atoms with Gasteiger partial charge in [-0.1, -0.05) is 41.4 Å². The molecule has 0 spiro atoms. The maximum Gasteiger partial charge on any atom is 0.282 e. The van der Waals surface area contributed by atoms with Crippen molar-refractivity contribution in [3.63, 3.8) is 0 Å². The summed E-state index contributed by atoms with van der Waals surface area (Å²) >= 11 is 6.01. The zero-order valence-electron chi connectivity index (χ0n) is 15.1. The zero-order chi connectivity index (χ0) is 19.7. The molecule has 3 aromatic rings. The molecule has 1 N–H and O–H groups in total. The summed E-state index contributed by atoms with van der Waals surface area (Å²) in [7, 11) is 0. The fourth-order valence-electron chi connectivity index (χ4n) is 2.97. The molecule has 4 nitrogen and oxygen atoms in total. The van der Waals surface area contributed by atoms with Gasteiger partial charge in [-0.2, -0.15) is 0 Å². The fraction of sp³-hybridized carbons (Fsp3) is 0.0435. The molecule has 0 fully saturated rings. The summed E-state index contributed by atoms with van der Waals surface area (Å²) in [5, 5.41) is 10.2. The van der Waals surface area contributed by atoms with Gasteiger partial charge < -0.3 is 5.11 Å². The Kier molecular flexibility index (Phi) is 4.72. The normalized spacial score (nSPS) is 15.2. The number of nitrogens with zero attached hydrogens (tertiary/aromatic N) is 2. The number of carbonyl (C=O) groups is 1. The topological polar surface area (TPSA) is 52.9 Å². The zero-order valence-corrected chi connectivity index (χ0v) is 15.9. The first-order chi connectivity index (χ1) is 13.5. The molecule has 0 bridgehead atoms. The van der Waals surface area contributed by atoms with E-state index in [4.69, 9.17) is 11.6 Å². The molecule has 0 aliphatic carbocycles. The molecule has 28 heavy (non-hydrogen) atoms. The maximum atomic E-state index is 13.2. The average molecular weight is 389 g/mol. The Labute approximate surface area is 168 Å². The largest absolute Gasteiger partial charge is 0.508 e. The van der Waals surface area contributed by atoms with E-state index in [1.165, 1.54) is 0 Å². The van der Waals surface area contributed by atoms with Gasteiger partial charge in [0.15, 0.2) is 0 Å². The molecule has 3 aromatic carbocycles. The lowest BCUT2D eigenvalue weighted by Crippen LogP contribution is -2.32. The van der Waals surface area contributed by atoms with Gasteiger partial charge in [0.2, 0.25) is 0 Å². The average Bonchev–Trinajstić information content (AvgIpc) is 3.01. The van der Waals surface area contributed by atoms with E-state index in [2.05, 4.69) is 4.99 Å². The van der Waals surface area contributed by atoms with Crippen molar-refractivity contribution in [1.29, 1.82) is 0 Å². The van der Waals surface area contributed by atoms with Crippen molar-refractivity contribution in [2.24, 2.45) is 4.99 Å². The molecule has 1 amide bonds. The lowest BCUT2D eigenvalue weighted by Gasteiger charge is -2.18. The lowest BCUT2D eigenvalue weighted by atomic mass is 10.1. The maximum absolute atomic E-state index is 13.2. The molecule has 1 aliphatic heterocycles. The second-order valence-electron chi connectivity index (χ2n) is 6.54. The number of amidine groups is 1. The Morgan fingerprint density at radius 3 is 2.21 bits per heavy atom. The Hall–Kier alpha value is -3.37. The van der Waals surface area contributed by atoms with E-state index >= 15 is 0 Å². The number of aromatic hydroxyl groups is 1. The van der Waals surface area contributed by atoms with E-state index in [0.717, 1.165) is 16.7 Å². The van der Waals surface area contributed by atoms with Crippen molar-refractivity contribution in [3.05, 3.63) is 100 Å². The molecule has 0 atom stereocenters.